The molecule has 0 saturated heterocycles. The Labute approximate surface area is 89.5 Å². The van der Waals surface area contributed by atoms with Crippen LogP contribution in [0, 0.1) is 20.8 Å². The Kier molecular flexibility index (Phi) is 2.48. The molecule has 14 heavy (non-hydrogen) atoms. The number of rotatable bonds is 0. The van der Waals surface area contributed by atoms with Crippen LogP contribution >= 0.6 is 11.8 Å². The molecule has 76 valence electrons. The molecule has 0 radical (unpaired) electrons. The highest BCUT2D eigenvalue weighted by Crippen LogP contribution is 2.40. The van der Waals surface area contributed by atoms with Gasteiger partial charge >= 0.3 is 0 Å². The molecule has 0 atom stereocenters. The highest BCUT2D eigenvalue weighted by Gasteiger charge is 2.19. The lowest BCUT2D eigenvalue weighted by Crippen LogP contribution is -2.05. The van der Waals surface area contributed by atoms with Crippen LogP contribution < -0.4 is 0 Å². The van der Waals surface area contributed by atoms with Gasteiger partial charge in [0.15, 0.2) is 0 Å². The van der Waals surface area contributed by atoms with Crippen LogP contribution in [0.4, 0.5) is 0 Å². The standard InChI is InChI=1S/C12H16OS/c1-7-8(2)12-10(5-4-6-14-12)9(3)11(7)13/h13H,4-6H2,1-3H3. The minimum atomic E-state index is 0.503. The van der Waals surface area contributed by atoms with Crippen LogP contribution in [0.3, 0.4) is 0 Å². The molecule has 1 aliphatic rings. The third-order valence-electron chi connectivity index (χ3n) is 3.16. The Morgan fingerprint density at radius 3 is 2.50 bits per heavy atom. The van der Waals surface area contributed by atoms with E-state index in [4.69, 9.17) is 0 Å². The van der Waals surface area contributed by atoms with Crippen LogP contribution in [0.5, 0.6) is 5.75 Å². The molecule has 1 aliphatic heterocycles. The molecule has 0 spiro atoms. The van der Waals surface area contributed by atoms with Crippen LogP contribution in [0.25, 0.3) is 0 Å². The lowest BCUT2D eigenvalue weighted by Gasteiger charge is -2.22. The zero-order valence-electron chi connectivity index (χ0n) is 8.98. The second kappa shape index (κ2) is 3.50. The SMILES string of the molecule is Cc1c(C)c2c(c(C)c1O)CCCS2. The van der Waals surface area contributed by atoms with E-state index in [2.05, 4.69) is 6.92 Å². The van der Waals surface area contributed by atoms with E-state index >= 15 is 0 Å². The number of benzene rings is 1. The van der Waals surface area contributed by atoms with Crippen molar-refractivity contribution in [3.8, 4) is 5.75 Å². The van der Waals surface area contributed by atoms with Crippen molar-refractivity contribution in [1.29, 1.82) is 0 Å². The van der Waals surface area contributed by atoms with E-state index in [-0.39, 0.29) is 0 Å². The van der Waals surface area contributed by atoms with Gasteiger partial charge in [-0.1, -0.05) is 0 Å². The van der Waals surface area contributed by atoms with Gasteiger partial charge in [0.25, 0.3) is 0 Å². The summed E-state index contributed by atoms with van der Waals surface area (Å²) in [5.41, 5.74) is 4.79. The fourth-order valence-electron chi connectivity index (χ4n) is 2.09. The Bertz CT molecular complexity index is 346. The molecule has 1 aromatic rings. The van der Waals surface area contributed by atoms with E-state index in [1.54, 1.807) is 0 Å². The first-order chi connectivity index (χ1) is 6.63. The lowest BCUT2D eigenvalue weighted by atomic mass is 9.96. The lowest BCUT2D eigenvalue weighted by molar-refractivity contribution is 0.464. The molecule has 1 N–H and O–H groups in total. The number of hydrogen-bond acceptors (Lipinski definition) is 2. The summed E-state index contributed by atoms with van der Waals surface area (Å²) in [7, 11) is 0. The van der Waals surface area contributed by atoms with Crippen molar-refractivity contribution in [2.24, 2.45) is 0 Å². The highest BCUT2D eigenvalue weighted by molar-refractivity contribution is 7.99. The van der Waals surface area contributed by atoms with Crippen LogP contribution in [-0.4, -0.2) is 10.9 Å². The molecule has 0 amide bonds. The predicted octanol–water partition coefficient (Wildman–Crippen LogP) is 3.36. The summed E-state index contributed by atoms with van der Waals surface area (Å²) in [5, 5.41) is 9.93. The van der Waals surface area contributed by atoms with Crippen LogP contribution in [0.1, 0.15) is 28.7 Å². The molecule has 0 fully saturated rings. The number of fused-ring (bicyclic) bond motifs is 1. The van der Waals surface area contributed by atoms with Crippen molar-refractivity contribution in [3.05, 3.63) is 22.3 Å². The topological polar surface area (TPSA) is 20.2 Å². The average molecular weight is 208 g/mol. The maximum Gasteiger partial charge on any atom is 0.122 e. The number of hydrogen-bond donors (Lipinski definition) is 1. The largest absolute Gasteiger partial charge is 0.507 e. The van der Waals surface area contributed by atoms with E-state index in [0.29, 0.717) is 5.75 Å². The van der Waals surface area contributed by atoms with Crippen LogP contribution in [0.15, 0.2) is 4.90 Å². The van der Waals surface area contributed by atoms with E-state index in [9.17, 15) is 5.11 Å². The van der Waals surface area contributed by atoms with E-state index in [1.165, 1.54) is 28.2 Å². The summed E-state index contributed by atoms with van der Waals surface area (Å²) in [6, 6.07) is 0. The fourth-order valence-corrected chi connectivity index (χ4v) is 3.38. The van der Waals surface area contributed by atoms with Gasteiger partial charge in [-0.15, -0.1) is 11.8 Å². The number of aromatic hydroxyl groups is 1. The smallest absolute Gasteiger partial charge is 0.122 e. The Hall–Kier alpha value is -0.630. The first kappa shape index (κ1) is 9.91. The van der Waals surface area contributed by atoms with Gasteiger partial charge in [0.2, 0.25) is 0 Å². The fraction of sp³-hybridized carbons (Fsp3) is 0.500. The molecule has 0 aliphatic carbocycles. The highest BCUT2D eigenvalue weighted by atomic mass is 32.2. The molecular weight excluding hydrogens is 192 g/mol. The molecule has 1 aromatic carbocycles. The van der Waals surface area contributed by atoms with Crippen molar-refractivity contribution in [3.63, 3.8) is 0 Å². The van der Waals surface area contributed by atoms with E-state index in [0.717, 1.165) is 17.5 Å². The van der Waals surface area contributed by atoms with Gasteiger partial charge in [0, 0.05) is 4.90 Å². The molecule has 0 saturated carbocycles. The van der Waals surface area contributed by atoms with Crippen molar-refractivity contribution in [2.45, 2.75) is 38.5 Å². The maximum absolute atomic E-state index is 9.93. The molecule has 2 heteroatoms. The Morgan fingerprint density at radius 2 is 1.79 bits per heavy atom. The van der Waals surface area contributed by atoms with Gasteiger partial charge < -0.3 is 5.11 Å². The van der Waals surface area contributed by atoms with Gasteiger partial charge in [0.1, 0.15) is 5.75 Å². The predicted molar refractivity (Wildman–Crippen MR) is 61.4 cm³/mol. The third kappa shape index (κ3) is 1.33. The van der Waals surface area contributed by atoms with Gasteiger partial charge in [0.05, 0.1) is 0 Å². The molecule has 2 rings (SSSR count). The summed E-state index contributed by atoms with van der Waals surface area (Å²) >= 11 is 1.94. The first-order valence-electron chi connectivity index (χ1n) is 5.07. The van der Waals surface area contributed by atoms with Crippen molar-refractivity contribution >= 4 is 11.8 Å². The zero-order chi connectivity index (χ0) is 10.3. The van der Waals surface area contributed by atoms with E-state index < -0.39 is 0 Å². The molecule has 0 unspecified atom stereocenters. The Morgan fingerprint density at radius 1 is 1.07 bits per heavy atom. The first-order valence-corrected chi connectivity index (χ1v) is 6.06. The molecule has 1 nitrogen and oxygen atoms in total. The maximum atomic E-state index is 9.93. The number of thioether (sulfide) groups is 1. The molecule has 0 aromatic heterocycles. The molecule has 0 bridgehead atoms. The third-order valence-corrected chi connectivity index (χ3v) is 4.49. The summed E-state index contributed by atoms with van der Waals surface area (Å²) in [6.45, 7) is 6.16. The normalized spacial score (nSPS) is 15.4. The minimum absolute atomic E-state index is 0.503. The van der Waals surface area contributed by atoms with Crippen LogP contribution in [-0.2, 0) is 6.42 Å². The summed E-state index contributed by atoms with van der Waals surface area (Å²) in [6.07, 6.45) is 2.36. The van der Waals surface area contributed by atoms with Gasteiger partial charge in [-0.3, -0.25) is 0 Å². The van der Waals surface area contributed by atoms with Gasteiger partial charge in [-0.25, -0.2) is 0 Å². The van der Waals surface area contributed by atoms with Crippen LogP contribution in [0.2, 0.25) is 0 Å². The monoisotopic (exact) mass is 208 g/mol. The summed E-state index contributed by atoms with van der Waals surface area (Å²) in [5.74, 6) is 1.72. The van der Waals surface area contributed by atoms with Crippen molar-refractivity contribution in [2.75, 3.05) is 5.75 Å². The van der Waals surface area contributed by atoms with Gasteiger partial charge in [-0.2, -0.15) is 0 Å². The minimum Gasteiger partial charge on any atom is -0.507 e. The van der Waals surface area contributed by atoms with Crippen molar-refractivity contribution in [1.82, 2.24) is 0 Å². The average Bonchev–Trinajstić information content (AvgIpc) is 2.23. The summed E-state index contributed by atoms with van der Waals surface area (Å²) in [4.78, 5) is 1.42. The quantitative estimate of drug-likeness (QED) is 0.705. The Balaban J connectivity index is 2.71. The van der Waals surface area contributed by atoms with Gasteiger partial charge in [-0.05, 0) is 61.6 Å². The number of phenolic OH excluding ortho intramolecular Hbond substituents is 1. The number of phenols is 1. The zero-order valence-corrected chi connectivity index (χ0v) is 9.79. The van der Waals surface area contributed by atoms with Crippen molar-refractivity contribution < 1.29 is 5.11 Å². The second-order valence-electron chi connectivity index (χ2n) is 3.98. The molecule has 1 heterocycles. The second-order valence-corrected chi connectivity index (χ2v) is 5.09. The summed E-state index contributed by atoms with van der Waals surface area (Å²) < 4.78 is 0. The van der Waals surface area contributed by atoms with E-state index in [1.807, 2.05) is 25.6 Å². The molecular formula is C12H16OS.